The summed E-state index contributed by atoms with van der Waals surface area (Å²) in [5, 5.41) is 12.3. The van der Waals surface area contributed by atoms with E-state index in [1.54, 1.807) is 6.20 Å². The lowest BCUT2D eigenvalue weighted by molar-refractivity contribution is -0.129. The molecule has 1 aliphatic heterocycles. The molecular formula is C12H18N4O2S. The topological polar surface area (TPSA) is 86.9 Å². The fraction of sp³-hybridized carbons (Fsp3) is 0.583. The Morgan fingerprint density at radius 2 is 2.42 bits per heavy atom. The van der Waals surface area contributed by atoms with E-state index in [4.69, 9.17) is 0 Å². The second-order valence-electron chi connectivity index (χ2n) is 4.97. The van der Waals surface area contributed by atoms with Crippen molar-refractivity contribution in [1.82, 2.24) is 20.8 Å². The summed E-state index contributed by atoms with van der Waals surface area (Å²) in [5.41, 5.74) is 0.975. The third kappa shape index (κ3) is 3.50. The minimum Gasteiger partial charge on any atom is -0.354 e. The van der Waals surface area contributed by atoms with E-state index in [0.29, 0.717) is 18.7 Å². The van der Waals surface area contributed by atoms with Gasteiger partial charge in [-0.3, -0.25) is 14.7 Å². The van der Waals surface area contributed by atoms with Gasteiger partial charge in [-0.15, -0.1) is 11.8 Å². The first-order valence-electron chi connectivity index (χ1n) is 6.20. The fourth-order valence-corrected chi connectivity index (χ4v) is 2.75. The standard InChI is InChI=1S/C12H18N4O2S/c1-12(2)11(18)15-9(7-19-12)10(17)13-5-3-8-4-6-14-16-8/h4,6,9H,3,5,7H2,1-2H3,(H,13,17)(H,14,16)(H,15,18)/t9-/m0/s1. The molecule has 1 aliphatic rings. The molecule has 0 unspecified atom stereocenters. The first kappa shape index (κ1) is 13.9. The van der Waals surface area contributed by atoms with Crippen molar-refractivity contribution < 1.29 is 9.59 Å². The van der Waals surface area contributed by atoms with Crippen LogP contribution < -0.4 is 10.6 Å². The first-order chi connectivity index (χ1) is 8.99. The van der Waals surface area contributed by atoms with Gasteiger partial charge in [0, 0.05) is 30.6 Å². The molecule has 3 N–H and O–H groups in total. The van der Waals surface area contributed by atoms with Crippen molar-refractivity contribution in [3.8, 4) is 0 Å². The lowest BCUT2D eigenvalue weighted by Crippen LogP contribution is -2.57. The van der Waals surface area contributed by atoms with Crippen LogP contribution >= 0.6 is 11.8 Å². The highest BCUT2D eigenvalue weighted by atomic mass is 32.2. The summed E-state index contributed by atoms with van der Waals surface area (Å²) in [6, 6.07) is 1.43. The summed E-state index contributed by atoms with van der Waals surface area (Å²) in [6.07, 6.45) is 2.38. The lowest BCUT2D eigenvalue weighted by Gasteiger charge is -2.32. The van der Waals surface area contributed by atoms with Gasteiger partial charge < -0.3 is 10.6 Å². The normalized spacial score (nSPS) is 21.8. The van der Waals surface area contributed by atoms with E-state index in [9.17, 15) is 9.59 Å². The van der Waals surface area contributed by atoms with Crippen LogP contribution in [0.3, 0.4) is 0 Å². The van der Waals surface area contributed by atoms with Crippen molar-refractivity contribution in [3.05, 3.63) is 18.0 Å². The predicted molar refractivity (Wildman–Crippen MR) is 73.8 cm³/mol. The Kier molecular flexibility index (Phi) is 4.14. The van der Waals surface area contributed by atoms with Crippen molar-refractivity contribution in [2.75, 3.05) is 12.3 Å². The van der Waals surface area contributed by atoms with Gasteiger partial charge in [-0.1, -0.05) is 0 Å². The highest BCUT2D eigenvalue weighted by Gasteiger charge is 2.37. The molecule has 104 valence electrons. The van der Waals surface area contributed by atoms with Crippen LogP contribution in [0.1, 0.15) is 19.5 Å². The Morgan fingerprint density at radius 3 is 3.05 bits per heavy atom. The molecule has 1 saturated heterocycles. The number of nitrogens with one attached hydrogen (secondary N) is 3. The number of carbonyl (C=O) groups excluding carboxylic acids is 2. The molecule has 2 heterocycles. The van der Waals surface area contributed by atoms with Gasteiger partial charge in [0.25, 0.3) is 0 Å². The second-order valence-corrected chi connectivity index (χ2v) is 6.61. The van der Waals surface area contributed by atoms with Crippen molar-refractivity contribution in [1.29, 1.82) is 0 Å². The maximum Gasteiger partial charge on any atom is 0.243 e. The smallest absolute Gasteiger partial charge is 0.243 e. The molecule has 0 aromatic carbocycles. The average Bonchev–Trinajstić information content (AvgIpc) is 2.85. The molecule has 1 fully saturated rings. The minimum absolute atomic E-state index is 0.0857. The van der Waals surface area contributed by atoms with Gasteiger partial charge in [0.15, 0.2) is 0 Å². The van der Waals surface area contributed by atoms with Crippen LogP contribution in [-0.4, -0.2) is 45.1 Å². The number of aromatic nitrogens is 2. The van der Waals surface area contributed by atoms with Gasteiger partial charge in [-0.05, 0) is 19.9 Å². The summed E-state index contributed by atoms with van der Waals surface area (Å²) in [7, 11) is 0. The van der Waals surface area contributed by atoms with Gasteiger partial charge in [-0.2, -0.15) is 5.10 Å². The predicted octanol–water partition coefficient (Wildman–Crippen LogP) is 0.0786. The molecule has 2 amide bonds. The van der Waals surface area contributed by atoms with Crippen LogP contribution in [0.5, 0.6) is 0 Å². The molecule has 2 rings (SSSR count). The third-order valence-electron chi connectivity index (χ3n) is 3.03. The molecule has 1 atom stereocenters. The number of nitrogens with zero attached hydrogens (tertiary/aromatic N) is 1. The zero-order valence-corrected chi connectivity index (χ0v) is 11.8. The van der Waals surface area contributed by atoms with Crippen LogP contribution in [0.25, 0.3) is 0 Å². The molecule has 7 heteroatoms. The van der Waals surface area contributed by atoms with E-state index in [2.05, 4.69) is 20.8 Å². The number of aromatic amines is 1. The number of hydrogen-bond donors (Lipinski definition) is 3. The van der Waals surface area contributed by atoms with Gasteiger partial charge in [0.1, 0.15) is 6.04 Å². The Morgan fingerprint density at radius 1 is 1.63 bits per heavy atom. The zero-order valence-electron chi connectivity index (χ0n) is 11.0. The van der Waals surface area contributed by atoms with Crippen molar-refractivity contribution >= 4 is 23.6 Å². The summed E-state index contributed by atoms with van der Waals surface area (Å²) in [5.74, 6) is 0.391. The second kappa shape index (κ2) is 5.64. The summed E-state index contributed by atoms with van der Waals surface area (Å²) < 4.78 is -0.452. The Hall–Kier alpha value is -1.50. The number of carbonyl (C=O) groups is 2. The Balaban J connectivity index is 1.76. The summed E-state index contributed by atoms with van der Waals surface area (Å²) in [6.45, 7) is 4.25. The van der Waals surface area contributed by atoms with Crippen molar-refractivity contribution in [2.24, 2.45) is 0 Å². The Labute approximate surface area is 116 Å². The van der Waals surface area contributed by atoms with Gasteiger partial charge in [-0.25, -0.2) is 0 Å². The zero-order chi connectivity index (χ0) is 13.9. The molecule has 0 bridgehead atoms. The van der Waals surface area contributed by atoms with Gasteiger partial charge >= 0.3 is 0 Å². The number of H-pyrrole nitrogens is 1. The highest BCUT2D eigenvalue weighted by Crippen LogP contribution is 2.28. The minimum atomic E-state index is -0.452. The van der Waals surface area contributed by atoms with Crippen LogP contribution in [0.15, 0.2) is 12.3 Å². The molecular weight excluding hydrogens is 264 g/mol. The van der Waals surface area contributed by atoms with Gasteiger partial charge in [0.05, 0.1) is 4.75 Å². The quantitative estimate of drug-likeness (QED) is 0.730. The van der Waals surface area contributed by atoms with Crippen molar-refractivity contribution in [2.45, 2.75) is 31.1 Å². The lowest BCUT2D eigenvalue weighted by atomic mass is 10.1. The third-order valence-corrected chi connectivity index (χ3v) is 4.44. The molecule has 6 nitrogen and oxygen atoms in total. The van der Waals surface area contributed by atoms with Crippen LogP contribution in [0.4, 0.5) is 0 Å². The molecule has 1 aromatic rings. The van der Waals surface area contributed by atoms with E-state index in [1.165, 1.54) is 11.8 Å². The van der Waals surface area contributed by atoms with Gasteiger partial charge in [0.2, 0.25) is 11.8 Å². The molecule has 0 spiro atoms. The number of amides is 2. The Bertz CT molecular complexity index is 458. The average molecular weight is 282 g/mol. The highest BCUT2D eigenvalue weighted by molar-refractivity contribution is 8.01. The van der Waals surface area contributed by atoms with E-state index in [0.717, 1.165) is 5.69 Å². The summed E-state index contributed by atoms with van der Waals surface area (Å²) >= 11 is 1.51. The fourth-order valence-electron chi connectivity index (χ4n) is 1.74. The molecule has 19 heavy (non-hydrogen) atoms. The SMILES string of the molecule is CC1(C)SC[C@@H](C(=O)NCCc2ccn[nH]2)NC1=O. The largest absolute Gasteiger partial charge is 0.354 e. The summed E-state index contributed by atoms with van der Waals surface area (Å²) in [4.78, 5) is 23.7. The monoisotopic (exact) mass is 282 g/mol. The molecule has 0 saturated carbocycles. The van der Waals surface area contributed by atoms with E-state index >= 15 is 0 Å². The van der Waals surface area contributed by atoms with E-state index in [1.807, 2.05) is 19.9 Å². The molecule has 0 radical (unpaired) electrons. The maximum absolute atomic E-state index is 11.9. The molecule has 0 aliphatic carbocycles. The number of hydrogen-bond acceptors (Lipinski definition) is 4. The van der Waals surface area contributed by atoms with Crippen LogP contribution in [-0.2, 0) is 16.0 Å². The van der Waals surface area contributed by atoms with Crippen LogP contribution in [0, 0.1) is 0 Å². The first-order valence-corrected chi connectivity index (χ1v) is 7.18. The number of thioether (sulfide) groups is 1. The number of rotatable bonds is 4. The maximum atomic E-state index is 11.9. The van der Waals surface area contributed by atoms with E-state index in [-0.39, 0.29) is 11.8 Å². The molecule has 1 aromatic heterocycles. The van der Waals surface area contributed by atoms with Crippen molar-refractivity contribution in [3.63, 3.8) is 0 Å². The van der Waals surface area contributed by atoms with E-state index < -0.39 is 10.8 Å². The van der Waals surface area contributed by atoms with Crippen LogP contribution in [0.2, 0.25) is 0 Å².